The number of hydrogen-bond donors (Lipinski definition) is 1. The maximum atomic E-state index is 12.6. The van der Waals surface area contributed by atoms with Crippen molar-refractivity contribution in [2.24, 2.45) is 0 Å². The number of rotatable bonds is 5. The lowest BCUT2D eigenvalue weighted by molar-refractivity contribution is 0.0378. The summed E-state index contributed by atoms with van der Waals surface area (Å²) in [7, 11) is 1.51. The number of hydrogen-bond acceptors (Lipinski definition) is 6. The fraction of sp³-hybridized carbons (Fsp3) is 0.211. The molecule has 27 heavy (non-hydrogen) atoms. The zero-order valence-corrected chi connectivity index (χ0v) is 17.3. The average molecular weight is 449 g/mol. The molecule has 0 radical (unpaired) electrons. The van der Waals surface area contributed by atoms with E-state index in [1.165, 1.54) is 18.4 Å². The molecule has 140 valence electrons. The van der Waals surface area contributed by atoms with Crippen LogP contribution in [0.1, 0.15) is 34.6 Å². The van der Waals surface area contributed by atoms with Gasteiger partial charge in [0.1, 0.15) is 5.75 Å². The molecule has 2 aromatic carbocycles. The minimum Gasteiger partial charge on any atom is -0.496 e. The van der Waals surface area contributed by atoms with Crippen molar-refractivity contribution in [3.8, 4) is 5.75 Å². The highest BCUT2D eigenvalue weighted by atomic mass is 79.9. The second kappa shape index (κ2) is 8.06. The van der Waals surface area contributed by atoms with E-state index < -0.39 is 0 Å². The van der Waals surface area contributed by atoms with E-state index in [4.69, 9.17) is 9.47 Å². The van der Waals surface area contributed by atoms with Crippen LogP contribution >= 0.6 is 27.3 Å². The summed E-state index contributed by atoms with van der Waals surface area (Å²) in [4.78, 5) is 29.0. The Labute approximate surface area is 168 Å². The van der Waals surface area contributed by atoms with Gasteiger partial charge in [0.2, 0.25) is 0 Å². The Bertz CT molecular complexity index is 1020. The summed E-state index contributed by atoms with van der Waals surface area (Å²) in [6, 6.07) is 10.3. The molecular weight excluding hydrogens is 432 g/mol. The van der Waals surface area contributed by atoms with Gasteiger partial charge in [-0.15, -0.1) is 0 Å². The van der Waals surface area contributed by atoms with Crippen molar-refractivity contribution in [2.45, 2.75) is 20.0 Å². The van der Waals surface area contributed by atoms with Gasteiger partial charge >= 0.3 is 5.97 Å². The summed E-state index contributed by atoms with van der Waals surface area (Å²) in [5.41, 5.74) is 1.54. The van der Waals surface area contributed by atoms with Crippen LogP contribution in [0.3, 0.4) is 0 Å². The van der Waals surface area contributed by atoms with Crippen LogP contribution in [-0.2, 0) is 4.74 Å². The van der Waals surface area contributed by atoms with Crippen LogP contribution < -0.4 is 10.1 Å². The number of nitrogens with one attached hydrogen (secondary N) is 1. The smallest absolute Gasteiger partial charge is 0.338 e. The van der Waals surface area contributed by atoms with Crippen LogP contribution in [0.5, 0.6) is 5.75 Å². The number of esters is 1. The quantitative estimate of drug-likeness (QED) is 0.562. The van der Waals surface area contributed by atoms with Crippen LogP contribution in [0, 0.1) is 0 Å². The maximum Gasteiger partial charge on any atom is 0.338 e. The van der Waals surface area contributed by atoms with E-state index in [1.807, 2.05) is 0 Å². The number of carbonyl (C=O) groups excluding carboxylic acids is 2. The first-order valence-electron chi connectivity index (χ1n) is 8.14. The van der Waals surface area contributed by atoms with E-state index in [0.717, 1.165) is 9.17 Å². The van der Waals surface area contributed by atoms with Crippen molar-refractivity contribution in [1.29, 1.82) is 0 Å². The number of fused-ring (bicyclic) bond motifs is 1. The van der Waals surface area contributed by atoms with Crippen molar-refractivity contribution >= 4 is 54.5 Å². The number of anilines is 1. The lowest BCUT2D eigenvalue weighted by Crippen LogP contribution is -2.13. The zero-order valence-electron chi connectivity index (χ0n) is 14.9. The molecule has 0 unspecified atom stereocenters. The Morgan fingerprint density at radius 2 is 1.96 bits per heavy atom. The number of ether oxygens (including phenoxy) is 2. The van der Waals surface area contributed by atoms with Crippen molar-refractivity contribution in [2.75, 3.05) is 12.4 Å². The Morgan fingerprint density at radius 1 is 1.19 bits per heavy atom. The normalized spacial score (nSPS) is 10.9. The van der Waals surface area contributed by atoms with E-state index in [1.54, 1.807) is 50.2 Å². The monoisotopic (exact) mass is 448 g/mol. The molecule has 0 saturated carbocycles. The lowest BCUT2D eigenvalue weighted by Gasteiger charge is -2.08. The molecule has 1 N–H and O–H groups in total. The molecule has 1 amide bonds. The van der Waals surface area contributed by atoms with Crippen molar-refractivity contribution in [1.82, 2.24) is 4.98 Å². The van der Waals surface area contributed by atoms with Crippen molar-refractivity contribution in [3.05, 3.63) is 52.0 Å². The summed E-state index contributed by atoms with van der Waals surface area (Å²) in [6.45, 7) is 3.60. The first-order valence-corrected chi connectivity index (χ1v) is 9.75. The third-order valence-corrected chi connectivity index (χ3v) is 5.02. The first kappa shape index (κ1) is 19.3. The molecule has 0 aliphatic carbocycles. The number of benzene rings is 2. The van der Waals surface area contributed by atoms with Crippen molar-refractivity contribution in [3.63, 3.8) is 0 Å². The van der Waals surface area contributed by atoms with Gasteiger partial charge in [0, 0.05) is 4.47 Å². The molecule has 0 saturated heterocycles. The van der Waals surface area contributed by atoms with E-state index in [2.05, 4.69) is 26.2 Å². The van der Waals surface area contributed by atoms with E-state index in [-0.39, 0.29) is 18.0 Å². The molecule has 0 spiro atoms. The number of carbonyl (C=O) groups is 2. The minimum absolute atomic E-state index is 0.190. The zero-order chi connectivity index (χ0) is 19.6. The number of methoxy groups -OCH3 is 1. The van der Waals surface area contributed by atoms with Crippen LogP contribution in [0.25, 0.3) is 10.2 Å². The highest BCUT2D eigenvalue weighted by molar-refractivity contribution is 9.10. The van der Waals surface area contributed by atoms with E-state index >= 15 is 0 Å². The molecule has 1 aromatic heterocycles. The fourth-order valence-electron chi connectivity index (χ4n) is 2.41. The number of thiazole rings is 1. The highest BCUT2D eigenvalue weighted by Crippen LogP contribution is 2.29. The highest BCUT2D eigenvalue weighted by Gasteiger charge is 2.16. The van der Waals surface area contributed by atoms with Gasteiger partial charge in [0.25, 0.3) is 5.91 Å². The van der Waals surface area contributed by atoms with Crippen LogP contribution in [0.15, 0.2) is 40.9 Å². The SMILES string of the molecule is COc1ccc(Br)cc1C(=O)Nc1nc2ccc(C(=O)OC(C)C)cc2s1. The lowest BCUT2D eigenvalue weighted by atomic mass is 10.2. The molecule has 3 rings (SSSR count). The van der Waals surface area contributed by atoms with E-state index in [0.29, 0.717) is 27.5 Å². The summed E-state index contributed by atoms with van der Waals surface area (Å²) in [5.74, 6) is -0.244. The maximum absolute atomic E-state index is 12.6. The second-order valence-corrected chi connectivity index (χ2v) is 7.90. The Morgan fingerprint density at radius 3 is 2.67 bits per heavy atom. The number of nitrogens with zero attached hydrogens (tertiary/aromatic N) is 1. The minimum atomic E-state index is -0.384. The molecule has 6 nitrogen and oxygen atoms in total. The van der Waals surface area contributed by atoms with E-state index in [9.17, 15) is 9.59 Å². The summed E-state index contributed by atoms with van der Waals surface area (Å²) < 4.78 is 12.0. The largest absolute Gasteiger partial charge is 0.496 e. The third kappa shape index (κ3) is 4.45. The van der Waals surface area contributed by atoms with Gasteiger partial charge in [0.15, 0.2) is 5.13 Å². The molecule has 0 fully saturated rings. The molecule has 0 bridgehead atoms. The van der Waals surface area contributed by atoms with Crippen molar-refractivity contribution < 1.29 is 19.1 Å². The summed E-state index contributed by atoms with van der Waals surface area (Å²) in [5, 5.41) is 3.22. The molecule has 0 aliphatic rings. The van der Waals surface area contributed by atoms with Gasteiger partial charge in [-0.3, -0.25) is 10.1 Å². The first-order chi connectivity index (χ1) is 12.9. The Hall–Kier alpha value is -2.45. The molecule has 0 aliphatic heterocycles. The van der Waals surface area contributed by atoms with Gasteiger partial charge in [-0.25, -0.2) is 9.78 Å². The molecule has 1 heterocycles. The molecule has 3 aromatic rings. The van der Waals surface area contributed by atoms with Gasteiger partial charge in [-0.05, 0) is 50.2 Å². The topological polar surface area (TPSA) is 77.5 Å². The summed E-state index contributed by atoms with van der Waals surface area (Å²) in [6.07, 6.45) is -0.190. The standard InChI is InChI=1S/C19H17BrN2O4S/c1-10(2)26-18(24)11-4-6-14-16(8-11)27-19(21-14)22-17(23)13-9-12(20)5-7-15(13)25-3/h4-10H,1-3H3,(H,21,22,23). The van der Waals surface area contributed by atoms with Crippen LogP contribution in [-0.4, -0.2) is 30.1 Å². The van der Waals surface area contributed by atoms with Gasteiger partial charge < -0.3 is 9.47 Å². The number of aromatic nitrogens is 1. The van der Waals surface area contributed by atoms with Gasteiger partial charge in [0.05, 0.1) is 34.6 Å². The van der Waals surface area contributed by atoms with Gasteiger partial charge in [-0.2, -0.15) is 0 Å². The Balaban J connectivity index is 1.84. The van der Waals surface area contributed by atoms with Crippen LogP contribution in [0.2, 0.25) is 0 Å². The summed E-state index contributed by atoms with van der Waals surface area (Å²) >= 11 is 4.64. The molecule has 8 heteroatoms. The van der Waals surface area contributed by atoms with Gasteiger partial charge in [-0.1, -0.05) is 27.3 Å². The molecular formula is C19H17BrN2O4S. The Kier molecular flexibility index (Phi) is 5.76. The second-order valence-electron chi connectivity index (χ2n) is 5.95. The third-order valence-electron chi connectivity index (χ3n) is 3.59. The number of halogens is 1. The number of amides is 1. The predicted octanol–water partition coefficient (Wildman–Crippen LogP) is 4.88. The predicted molar refractivity (Wildman–Crippen MR) is 109 cm³/mol. The molecule has 0 atom stereocenters. The average Bonchev–Trinajstić information content (AvgIpc) is 3.02. The van der Waals surface area contributed by atoms with Crippen LogP contribution in [0.4, 0.5) is 5.13 Å². The fourth-order valence-corrected chi connectivity index (χ4v) is 3.67.